The molecule has 0 aliphatic carbocycles. The average molecular weight is 391 g/mol. The highest BCUT2D eigenvalue weighted by atomic mass is 16.7. The summed E-state index contributed by atoms with van der Waals surface area (Å²) in [6.45, 7) is 1.80. The number of benzene rings is 3. The first-order chi connectivity index (χ1) is 14.0. The van der Waals surface area contributed by atoms with Crippen molar-refractivity contribution in [2.75, 3.05) is 25.9 Å². The number of nitrogens with zero attached hydrogens (tertiary/aromatic N) is 1. The Kier molecular flexibility index (Phi) is 3.84. The number of ether oxygens (including phenoxy) is 3. The number of hydrogen-bond donors (Lipinski definition) is 1. The summed E-state index contributed by atoms with van der Waals surface area (Å²) in [5.41, 5.74) is 3.83. The summed E-state index contributed by atoms with van der Waals surface area (Å²) in [6, 6.07) is 11.4. The Morgan fingerprint density at radius 2 is 1.90 bits per heavy atom. The lowest BCUT2D eigenvalue weighted by Crippen LogP contribution is -2.30. The van der Waals surface area contributed by atoms with Crippen molar-refractivity contribution in [2.45, 2.75) is 19.4 Å². The Morgan fingerprint density at radius 1 is 1.17 bits per heavy atom. The van der Waals surface area contributed by atoms with E-state index in [1.165, 1.54) is 7.11 Å². The van der Waals surface area contributed by atoms with Crippen LogP contribution in [0.3, 0.4) is 0 Å². The SMILES string of the molecule is COc1c(O)ccc2c1[C@H](CC(C)=O)N(C)c1c-2ccc2cc3c(cc12)OCO3. The van der Waals surface area contributed by atoms with Gasteiger partial charge in [-0.25, -0.2) is 0 Å². The molecule has 0 aromatic heterocycles. The van der Waals surface area contributed by atoms with Crippen LogP contribution in [-0.2, 0) is 4.79 Å². The predicted octanol–water partition coefficient (Wildman–Crippen LogP) is 4.42. The van der Waals surface area contributed by atoms with Gasteiger partial charge in [0.2, 0.25) is 6.79 Å². The molecule has 0 amide bonds. The van der Waals surface area contributed by atoms with Gasteiger partial charge in [0.15, 0.2) is 23.0 Å². The van der Waals surface area contributed by atoms with Crippen molar-refractivity contribution in [3.63, 3.8) is 0 Å². The molecule has 0 radical (unpaired) electrons. The number of phenolic OH excluding ortho intramolecular Hbond substituents is 1. The second-order valence-electron chi connectivity index (χ2n) is 7.50. The van der Waals surface area contributed by atoms with Gasteiger partial charge in [-0.05, 0) is 42.1 Å². The van der Waals surface area contributed by atoms with Crippen molar-refractivity contribution in [3.8, 4) is 34.1 Å². The third-order valence-electron chi connectivity index (χ3n) is 5.79. The molecule has 0 bridgehead atoms. The predicted molar refractivity (Wildman–Crippen MR) is 110 cm³/mol. The van der Waals surface area contributed by atoms with Crippen molar-refractivity contribution < 1.29 is 24.1 Å². The highest BCUT2D eigenvalue weighted by Gasteiger charge is 2.35. The molecular weight excluding hydrogens is 370 g/mol. The van der Waals surface area contributed by atoms with E-state index in [1.807, 2.05) is 25.2 Å². The van der Waals surface area contributed by atoms with Crippen molar-refractivity contribution >= 4 is 22.2 Å². The highest BCUT2D eigenvalue weighted by molar-refractivity contribution is 6.06. The van der Waals surface area contributed by atoms with Gasteiger partial charge in [0, 0.05) is 30.0 Å². The molecule has 5 rings (SSSR count). The van der Waals surface area contributed by atoms with E-state index in [1.54, 1.807) is 13.0 Å². The van der Waals surface area contributed by atoms with Gasteiger partial charge in [-0.2, -0.15) is 0 Å². The van der Waals surface area contributed by atoms with Crippen LogP contribution in [-0.4, -0.2) is 31.8 Å². The van der Waals surface area contributed by atoms with Crippen molar-refractivity contribution in [1.82, 2.24) is 0 Å². The molecule has 2 aliphatic rings. The maximum absolute atomic E-state index is 12.1. The van der Waals surface area contributed by atoms with Crippen LogP contribution in [0.4, 0.5) is 5.69 Å². The molecule has 1 N–H and O–H groups in total. The van der Waals surface area contributed by atoms with Gasteiger partial charge in [0.05, 0.1) is 18.8 Å². The molecule has 3 aromatic rings. The maximum atomic E-state index is 12.1. The van der Waals surface area contributed by atoms with Crippen LogP contribution >= 0.6 is 0 Å². The summed E-state index contributed by atoms with van der Waals surface area (Å²) in [5.74, 6) is 2.01. The lowest BCUT2D eigenvalue weighted by atomic mass is 9.84. The van der Waals surface area contributed by atoms with E-state index in [9.17, 15) is 9.90 Å². The van der Waals surface area contributed by atoms with E-state index in [4.69, 9.17) is 14.2 Å². The number of phenols is 1. The zero-order chi connectivity index (χ0) is 20.3. The molecule has 6 heteroatoms. The van der Waals surface area contributed by atoms with E-state index in [2.05, 4.69) is 17.0 Å². The number of carbonyl (C=O) groups is 1. The Balaban J connectivity index is 1.84. The second-order valence-corrected chi connectivity index (χ2v) is 7.50. The second kappa shape index (κ2) is 6.30. The maximum Gasteiger partial charge on any atom is 0.231 e. The van der Waals surface area contributed by atoms with Crippen LogP contribution in [0.1, 0.15) is 24.9 Å². The van der Waals surface area contributed by atoms with Crippen molar-refractivity contribution in [1.29, 1.82) is 0 Å². The van der Waals surface area contributed by atoms with Gasteiger partial charge in [-0.15, -0.1) is 0 Å². The Morgan fingerprint density at radius 3 is 2.62 bits per heavy atom. The number of ketones is 1. The van der Waals surface area contributed by atoms with E-state index in [0.29, 0.717) is 12.2 Å². The van der Waals surface area contributed by atoms with Gasteiger partial charge >= 0.3 is 0 Å². The van der Waals surface area contributed by atoms with Crippen LogP contribution in [0.5, 0.6) is 23.0 Å². The van der Waals surface area contributed by atoms with Gasteiger partial charge in [0.25, 0.3) is 0 Å². The minimum atomic E-state index is -0.256. The third-order valence-corrected chi connectivity index (χ3v) is 5.79. The van der Waals surface area contributed by atoms with Crippen LogP contribution in [0.15, 0.2) is 36.4 Å². The minimum absolute atomic E-state index is 0.0690. The van der Waals surface area contributed by atoms with Gasteiger partial charge < -0.3 is 24.2 Å². The Hall–Kier alpha value is -3.41. The molecule has 2 aliphatic heterocycles. The average Bonchev–Trinajstić information content (AvgIpc) is 3.15. The molecule has 3 aromatic carbocycles. The fourth-order valence-corrected chi connectivity index (χ4v) is 4.52. The van der Waals surface area contributed by atoms with E-state index < -0.39 is 0 Å². The number of anilines is 1. The molecule has 148 valence electrons. The summed E-state index contributed by atoms with van der Waals surface area (Å²) < 4.78 is 16.7. The largest absolute Gasteiger partial charge is 0.504 e. The Labute approximate surface area is 168 Å². The number of rotatable bonds is 3. The fraction of sp³-hybridized carbons (Fsp3) is 0.261. The van der Waals surface area contributed by atoms with Gasteiger partial charge in [0.1, 0.15) is 5.78 Å². The molecule has 0 fully saturated rings. The number of Topliss-reactive ketones (excluding diaryl/α,β-unsaturated/α-hetero) is 1. The molecule has 0 unspecified atom stereocenters. The Bertz CT molecular complexity index is 1170. The smallest absolute Gasteiger partial charge is 0.231 e. The monoisotopic (exact) mass is 391 g/mol. The van der Waals surface area contributed by atoms with E-state index >= 15 is 0 Å². The minimum Gasteiger partial charge on any atom is -0.504 e. The van der Waals surface area contributed by atoms with Crippen LogP contribution in [0, 0.1) is 0 Å². The molecule has 0 saturated carbocycles. The summed E-state index contributed by atoms with van der Waals surface area (Å²) in [7, 11) is 3.51. The number of fused-ring (bicyclic) bond motifs is 6. The highest BCUT2D eigenvalue weighted by Crippen LogP contribution is 2.54. The summed E-state index contributed by atoms with van der Waals surface area (Å²) in [4.78, 5) is 14.2. The lowest BCUT2D eigenvalue weighted by molar-refractivity contribution is -0.117. The molecule has 0 saturated heterocycles. The number of hydrogen-bond acceptors (Lipinski definition) is 6. The van der Waals surface area contributed by atoms with Crippen molar-refractivity contribution in [2.24, 2.45) is 0 Å². The topological polar surface area (TPSA) is 68.2 Å². The lowest BCUT2D eigenvalue weighted by Gasteiger charge is -2.39. The molecule has 29 heavy (non-hydrogen) atoms. The van der Waals surface area contributed by atoms with Crippen LogP contribution < -0.4 is 19.1 Å². The molecule has 2 heterocycles. The summed E-state index contributed by atoms with van der Waals surface area (Å²) in [5, 5.41) is 12.4. The van der Waals surface area contributed by atoms with E-state index in [-0.39, 0.29) is 24.4 Å². The number of methoxy groups -OCH3 is 1. The first-order valence-electron chi connectivity index (χ1n) is 9.48. The molecular formula is C23H21NO5. The first kappa shape index (κ1) is 17.7. The van der Waals surface area contributed by atoms with Crippen molar-refractivity contribution in [3.05, 3.63) is 42.0 Å². The zero-order valence-electron chi connectivity index (χ0n) is 16.5. The molecule has 6 nitrogen and oxygen atoms in total. The molecule has 1 atom stereocenters. The standard InChI is InChI=1S/C23H21NO5/c1-12(25)8-17-21-14(6-7-18(26)23(21)27-3)15-5-4-13-9-19-20(29-11-28-19)10-16(13)22(15)24(17)2/h4-7,9-10,17,26H,8,11H2,1-3H3/t17-/m0/s1. The normalized spacial score (nSPS) is 16.5. The third kappa shape index (κ3) is 2.52. The first-order valence-corrected chi connectivity index (χ1v) is 9.48. The summed E-state index contributed by atoms with van der Waals surface area (Å²) >= 11 is 0. The van der Waals surface area contributed by atoms with Crippen LogP contribution in [0.2, 0.25) is 0 Å². The van der Waals surface area contributed by atoms with Gasteiger partial charge in [-0.3, -0.25) is 4.79 Å². The fourth-order valence-electron chi connectivity index (χ4n) is 4.52. The van der Waals surface area contributed by atoms with Gasteiger partial charge in [-0.1, -0.05) is 12.1 Å². The number of carbonyl (C=O) groups excluding carboxylic acids is 1. The van der Waals surface area contributed by atoms with E-state index in [0.717, 1.165) is 44.6 Å². The quantitative estimate of drug-likeness (QED) is 0.713. The zero-order valence-corrected chi connectivity index (χ0v) is 16.5. The molecule has 0 spiro atoms. The van der Waals surface area contributed by atoms with Crippen LogP contribution in [0.25, 0.3) is 21.9 Å². The number of aromatic hydroxyl groups is 1. The summed E-state index contributed by atoms with van der Waals surface area (Å²) in [6.07, 6.45) is 0.309.